The Morgan fingerprint density at radius 3 is 2.16 bits per heavy atom. The zero-order chi connectivity index (χ0) is 14.0. The highest BCUT2D eigenvalue weighted by molar-refractivity contribution is 14.1. The molecular formula is C14H8F3IO. The third-order valence-corrected chi connectivity index (χ3v) is 3.41. The molecule has 0 spiro atoms. The van der Waals surface area contributed by atoms with Crippen LogP contribution in [0.5, 0.6) is 0 Å². The van der Waals surface area contributed by atoms with E-state index in [4.69, 9.17) is 0 Å². The van der Waals surface area contributed by atoms with Crippen molar-refractivity contribution in [1.29, 1.82) is 0 Å². The largest absolute Gasteiger partial charge is 0.294 e. The van der Waals surface area contributed by atoms with Crippen LogP contribution < -0.4 is 0 Å². The first-order chi connectivity index (χ1) is 8.95. The van der Waals surface area contributed by atoms with Crippen LogP contribution in [0, 0.1) is 21.0 Å². The molecule has 0 bridgehead atoms. The second-order valence-electron chi connectivity index (χ2n) is 4.00. The summed E-state index contributed by atoms with van der Waals surface area (Å²) in [6.07, 6.45) is -0.129. The third-order valence-electron chi connectivity index (χ3n) is 2.52. The summed E-state index contributed by atoms with van der Waals surface area (Å²) in [4.78, 5) is 12.0. The quantitative estimate of drug-likeness (QED) is 0.582. The first kappa shape index (κ1) is 14.0. The average molecular weight is 376 g/mol. The Bertz CT molecular complexity index is 620. The summed E-state index contributed by atoms with van der Waals surface area (Å²) in [5.41, 5.74) is 0.592. The molecule has 19 heavy (non-hydrogen) atoms. The molecule has 0 atom stereocenters. The number of carbonyl (C=O) groups excluding carboxylic acids is 1. The topological polar surface area (TPSA) is 17.1 Å². The summed E-state index contributed by atoms with van der Waals surface area (Å²) < 4.78 is 39.4. The highest BCUT2D eigenvalue weighted by Crippen LogP contribution is 2.17. The Morgan fingerprint density at radius 2 is 1.58 bits per heavy atom. The van der Waals surface area contributed by atoms with E-state index >= 15 is 0 Å². The van der Waals surface area contributed by atoms with Gasteiger partial charge in [-0.1, -0.05) is 0 Å². The molecule has 0 aromatic heterocycles. The van der Waals surface area contributed by atoms with Gasteiger partial charge in [0.05, 0.1) is 0 Å². The lowest BCUT2D eigenvalue weighted by molar-refractivity contribution is 0.0992. The van der Waals surface area contributed by atoms with E-state index in [0.717, 1.165) is 18.2 Å². The minimum Gasteiger partial charge on any atom is -0.294 e. The van der Waals surface area contributed by atoms with Crippen molar-refractivity contribution < 1.29 is 18.0 Å². The van der Waals surface area contributed by atoms with E-state index < -0.39 is 17.5 Å². The molecule has 0 fully saturated rings. The molecule has 0 saturated carbocycles. The van der Waals surface area contributed by atoms with Gasteiger partial charge in [0.15, 0.2) is 5.78 Å². The van der Waals surface area contributed by atoms with Gasteiger partial charge in [0.2, 0.25) is 0 Å². The van der Waals surface area contributed by atoms with Crippen molar-refractivity contribution in [2.75, 3.05) is 0 Å². The minimum absolute atomic E-state index is 0.129. The highest BCUT2D eigenvalue weighted by Gasteiger charge is 2.12. The Labute approximate surface area is 121 Å². The summed E-state index contributed by atoms with van der Waals surface area (Å²) in [6, 6.07) is 6.75. The number of carbonyl (C=O) groups is 1. The fourth-order valence-electron chi connectivity index (χ4n) is 1.71. The Kier molecular flexibility index (Phi) is 4.24. The van der Waals surface area contributed by atoms with E-state index in [9.17, 15) is 18.0 Å². The number of rotatable bonds is 3. The van der Waals surface area contributed by atoms with Crippen LogP contribution in [0.4, 0.5) is 13.2 Å². The van der Waals surface area contributed by atoms with Crippen molar-refractivity contribution in [3.63, 3.8) is 0 Å². The summed E-state index contributed by atoms with van der Waals surface area (Å²) in [6.45, 7) is 0. The van der Waals surface area contributed by atoms with Crippen LogP contribution in [0.2, 0.25) is 0 Å². The number of ketones is 1. The standard InChI is InChI=1S/C14H8F3IO/c15-9-1-2-12(13(18)7-9)14(19)5-8-3-10(16)6-11(17)4-8/h1-4,6-7H,5H2. The van der Waals surface area contributed by atoms with Crippen LogP contribution in [0.25, 0.3) is 0 Å². The van der Waals surface area contributed by atoms with Crippen LogP contribution in [0.15, 0.2) is 36.4 Å². The van der Waals surface area contributed by atoms with Gasteiger partial charge in [0.25, 0.3) is 0 Å². The average Bonchev–Trinajstić information content (AvgIpc) is 2.26. The Balaban J connectivity index is 2.25. The van der Waals surface area contributed by atoms with Gasteiger partial charge in [-0.15, -0.1) is 0 Å². The number of halogens is 4. The minimum atomic E-state index is -0.725. The summed E-state index contributed by atoms with van der Waals surface area (Å²) >= 11 is 1.85. The number of hydrogen-bond donors (Lipinski definition) is 0. The van der Waals surface area contributed by atoms with E-state index in [0.29, 0.717) is 9.13 Å². The predicted molar refractivity (Wildman–Crippen MR) is 73.5 cm³/mol. The van der Waals surface area contributed by atoms with Crippen LogP contribution in [-0.4, -0.2) is 5.78 Å². The van der Waals surface area contributed by atoms with Gasteiger partial charge in [-0.2, -0.15) is 0 Å². The lowest BCUT2D eigenvalue weighted by Gasteiger charge is -2.05. The molecule has 0 heterocycles. The summed E-state index contributed by atoms with van der Waals surface area (Å²) in [5.74, 6) is -2.19. The fourth-order valence-corrected chi connectivity index (χ4v) is 2.49. The van der Waals surface area contributed by atoms with Crippen LogP contribution in [0.1, 0.15) is 15.9 Å². The number of hydrogen-bond acceptors (Lipinski definition) is 1. The van der Waals surface area contributed by atoms with Crippen molar-refractivity contribution in [3.8, 4) is 0 Å². The molecule has 0 N–H and O–H groups in total. The first-order valence-corrected chi connectivity index (χ1v) is 6.47. The maximum absolute atomic E-state index is 13.0. The molecule has 0 aliphatic carbocycles. The Hall–Kier alpha value is -1.37. The van der Waals surface area contributed by atoms with Gasteiger partial charge in [-0.3, -0.25) is 4.79 Å². The number of benzene rings is 2. The molecule has 2 rings (SSSR count). The lowest BCUT2D eigenvalue weighted by Crippen LogP contribution is -2.06. The second-order valence-corrected chi connectivity index (χ2v) is 5.16. The molecule has 98 valence electrons. The van der Waals surface area contributed by atoms with E-state index in [1.807, 2.05) is 22.6 Å². The molecule has 0 amide bonds. The first-order valence-electron chi connectivity index (χ1n) is 5.39. The maximum Gasteiger partial charge on any atom is 0.168 e. The third kappa shape index (κ3) is 3.56. The normalized spacial score (nSPS) is 10.5. The highest BCUT2D eigenvalue weighted by atomic mass is 127. The monoisotopic (exact) mass is 376 g/mol. The molecule has 1 nitrogen and oxygen atoms in total. The molecule has 0 aliphatic rings. The van der Waals surface area contributed by atoms with Crippen molar-refractivity contribution >= 4 is 28.4 Å². The van der Waals surface area contributed by atoms with E-state index in [2.05, 4.69) is 0 Å². The molecule has 2 aromatic rings. The number of Topliss-reactive ketones (excluding diaryl/α,β-unsaturated/α-hetero) is 1. The maximum atomic E-state index is 13.0. The smallest absolute Gasteiger partial charge is 0.168 e. The van der Waals surface area contributed by atoms with Gasteiger partial charge in [0.1, 0.15) is 17.5 Å². The predicted octanol–water partition coefficient (Wildman–Crippen LogP) is 4.13. The van der Waals surface area contributed by atoms with Crippen LogP contribution in [-0.2, 0) is 6.42 Å². The van der Waals surface area contributed by atoms with E-state index in [-0.39, 0.29) is 17.8 Å². The molecule has 0 aliphatic heterocycles. The van der Waals surface area contributed by atoms with Crippen molar-refractivity contribution in [2.45, 2.75) is 6.42 Å². The van der Waals surface area contributed by atoms with Crippen molar-refractivity contribution in [1.82, 2.24) is 0 Å². The summed E-state index contributed by atoms with van der Waals surface area (Å²) in [5, 5.41) is 0. The lowest BCUT2D eigenvalue weighted by atomic mass is 10.0. The SMILES string of the molecule is O=C(Cc1cc(F)cc(F)c1)c1ccc(F)cc1I. The summed E-state index contributed by atoms with van der Waals surface area (Å²) in [7, 11) is 0. The fraction of sp³-hybridized carbons (Fsp3) is 0.0714. The zero-order valence-electron chi connectivity index (χ0n) is 9.59. The van der Waals surface area contributed by atoms with E-state index in [1.54, 1.807) is 0 Å². The molecule has 0 unspecified atom stereocenters. The second kappa shape index (κ2) is 5.73. The van der Waals surface area contributed by atoms with Gasteiger partial charge in [-0.25, -0.2) is 13.2 Å². The van der Waals surface area contributed by atoms with Crippen LogP contribution in [0.3, 0.4) is 0 Å². The molecule has 0 radical (unpaired) electrons. The molecule has 0 saturated heterocycles. The molecule has 2 aromatic carbocycles. The van der Waals surface area contributed by atoms with Gasteiger partial charge in [-0.05, 0) is 58.5 Å². The molecule has 5 heteroatoms. The van der Waals surface area contributed by atoms with E-state index in [1.165, 1.54) is 18.2 Å². The van der Waals surface area contributed by atoms with Crippen LogP contribution >= 0.6 is 22.6 Å². The zero-order valence-corrected chi connectivity index (χ0v) is 11.7. The van der Waals surface area contributed by atoms with Gasteiger partial charge >= 0.3 is 0 Å². The van der Waals surface area contributed by atoms with Crippen molar-refractivity contribution in [3.05, 3.63) is 68.5 Å². The van der Waals surface area contributed by atoms with Crippen molar-refractivity contribution in [2.24, 2.45) is 0 Å². The van der Waals surface area contributed by atoms with Gasteiger partial charge in [0, 0.05) is 21.6 Å². The molecular weight excluding hydrogens is 368 g/mol. The Morgan fingerprint density at radius 1 is 0.947 bits per heavy atom. The van der Waals surface area contributed by atoms with Gasteiger partial charge < -0.3 is 0 Å².